The molecule has 1 amide bonds. The Labute approximate surface area is 193 Å². The zero-order valence-electron chi connectivity index (χ0n) is 18.7. The molecule has 1 saturated carbocycles. The highest BCUT2D eigenvalue weighted by molar-refractivity contribution is 5.85. The van der Waals surface area contributed by atoms with Crippen molar-refractivity contribution in [2.24, 2.45) is 5.41 Å². The van der Waals surface area contributed by atoms with Gasteiger partial charge in [-0.2, -0.15) is 18.2 Å². The minimum atomic E-state index is -4.55. The van der Waals surface area contributed by atoms with Crippen molar-refractivity contribution in [2.75, 3.05) is 30.3 Å². The Bertz CT molecular complexity index is 1070. The van der Waals surface area contributed by atoms with E-state index in [9.17, 15) is 26.7 Å². The molecule has 12 heteroatoms. The van der Waals surface area contributed by atoms with Crippen LogP contribution in [0.15, 0.2) is 24.4 Å². The van der Waals surface area contributed by atoms with Crippen molar-refractivity contribution < 1.29 is 26.7 Å². The van der Waals surface area contributed by atoms with Crippen molar-refractivity contribution in [3.8, 4) is 0 Å². The van der Waals surface area contributed by atoms with E-state index >= 15 is 0 Å². The molecule has 1 saturated heterocycles. The second-order valence-electron chi connectivity index (χ2n) is 9.28. The number of aromatic nitrogens is 3. The molecule has 0 radical (unpaired) electrons. The SMILES string of the molecule is CC(F)(F)CNc1nc(Nc2cc(C(F)(F)F)ccn2)cc(C2CCN(C(=O)C3(C)CC3)C2)n1. The maximum absolute atomic E-state index is 13.4. The van der Waals surface area contributed by atoms with Gasteiger partial charge in [0.2, 0.25) is 11.9 Å². The maximum atomic E-state index is 13.4. The van der Waals surface area contributed by atoms with Crippen LogP contribution in [-0.2, 0) is 11.0 Å². The Kier molecular flexibility index (Phi) is 6.11. The zero-order valence-corrected chi connectivity index (χ0v) is 18.7. The van der Waals surface area contributed by atoms with E-state index in [4.69, 9.17) is 0 Å². The third-order valence-electron chi connectivity index (χ3n) is 6.06. The van der Waals surface area contributed by atoms with Crippen LogP contribution in [0, 0.1) is 5.41 Å². The van der Waals surface area contributed by atoms with E-state index in [1.54, 1.807) is 11.0 Å². The monoisotopic (exact) mass is 484 g/mol. The summed E-state index contributed by atoms with van der Waals surface area (Å²) < 4.78 is 65.9. The molecular weight excluding hydrogens is 459 g/mol. The number of alkyl halides is 5. The number of amides is 1. The molecule has 4 rings (SSSR count). The summed E-state index contributed by atoms with van der Waals surface area (Å²) in [4.78, 5) is 26.9. The second kappa shape index (κ2) is 8.62. The summed E-state index contributed by atoms with van der Waals surface area (Å²) in [7, 11) is 0. The molecular formula is C22H25F5N6O. The normalized spacial score (nSPS) is 19.7. The van der Waals surface area contributed by atoms with Crippen LogP contribution in [0.1, 0.15) is 50.3 Å². The quantitative estimate of drug-likeness (QED) is 0.549. The fraction of sp³-hybridized carbons (Fsp3) is 0.545. The molecule has 1 aliphatic heterocycles. The number of rotatable bonds is 7. The number of hydrogen-bond acceptors (Lipinski definition) is 6. The molecule has 2 aromatic rings. The third kappa shape index (κ3) is 5.71. The fourth-order valence-electron chi connectivity index (χ4n) is 3.83. The topological polar surface area (TPSA) is 83.0 Å². The average Bonchev–Trinajstić information content (AvgIpc) is 3.31. The van der Waals surface area contributed by atoms with Crippen molar-refractivity contribution in [3.63, 3.8) is 0 Å². The Morgan fingerprint density at radius 3 is 2.56 bits per heavy atom. The molecule has 2 aromatic heterocycles. The molecule has 1 unspecified atom stereocenters. The maximum Gasteiger partial charge on any atom is 0.416 e. The predicted octanol–water partition coefficient (Wildman–Crippen LogP) is 4.82. The molecule has 0 aromatic carbocycles. The number of halogens is 5. The van der Waals surface area contributed by atoms with Crippen molar-refractivity contribution >= 4 is 23.5 Å². The number of nitrogens with one attached hydrogen (secondary N) is 2. The van der Waals surface area contributed by atoms with Crippen molar-refractivity contribution in [1.82, 2.24) is 19.9 Å². The van der Waals surface area contributed by atoms with Crippen LogP contribution in [0.5, 0.6) is 0 Å². The molecule has 0 spiro atoms. The summed E-state index contributed by atoms with van der Waals surface area (Å²) in [5.41, 5.74) is -0.688. The Hall–Kier alpha value is -3.05. The number of likely N-dealkylation sites (tertiary alicyclic amines) is 1. The summed E-state index contributed by atoms with van der Waals surface area (Å²) in [5, 5.41) is 5.20. The van der Waals surface area contributed by atoms with E-state index in [1.165, 1.54) is 0 Å². The molecule has 3 heterocycles. The molecule has 34 heavy (non-hydrogen) atoms. The number of carbonyl (C=O) groups is 1. The Morgan fingerprint density at radius 2 is 1.91 bits per heavy atom. The van der Waals surface area contributed by atoms with Gasteiger partial charge in [-0.15, -0.1) is 0 Å². The highest BCUT2D eigenvalue weighted by atomic mass is 19.4. The minimum absolute atomic E-state index is 0.0903. The van der Waals surface area contributed by atoms with Gasteiger partial charge in [-0.05, 0) is 31.4 Å². The van der Waals surface area contributed by atoms with Crippen LogP contribution in [0.25, 0.3) is 0 Å². The molecule has 0 bridgehead atoms. The van der Waals surface area contributed by atoms with E-state index in [-0.39, 0.29) is 34.8 Å². The largest absolute Gasteiger partial charge is 0.416 e. The number of carbonyl (C=O) groups excluding carboxylic acids is 1. The lowest BCUT2D eigenvalue weighted by Gasteiger charge is -2.21. The Balaban J connectivity index is 1.58. The van der Waals surface area contributed by atoms with E-state index in [2.05, 4.69) is 25.6 Å². The van der Waals surface area contributed by atoms with Gasteiger partial charge in [-0.3, -0.25) is 4.79 Å². The van der Waals surface area contributed by atoms with E-state index in [1.807, 2.05) is 6.92 Å². The van der Waals surface area contributed by atoms with Crippen molar-refractivity contribution in [2.45, 2.75) is 51.1 Å². The molecule has 1 atom stereocenters. The summed E-state index contributed by atoms with van der Waals surface area (Å²) in [6, 6.07) is 3.23. The molecule has 2 N–H and O–H groups in total. The van der Waals surface area contributed by atoms with Crippen LogP contribution in [0.3, 0.4) is 0 Å². The van der Waals surface area contributed by atoms with Crippen LogP contribution in [0.4, 0.5) is 39.5 Å². The predicted molar refractivity (Wildman–Crippen MR) is 115 cm³/mol. The lowest BCUT2D eigenvalue weighted by atomic mass is 10.0. The zero-order chi connectivity index (χ0) is 24.7. The fourth-order valence-corrected chi connectivity index (χ4v) is 3.83. The lowest BCUT2D eigenvalue weighted by molar-refractivity contribution is -0.137. The lowest BCUT2D eigenvalue weighted by Crippen LogP contribution is -2.34. The van der Waals surface area contributed by atoms with E-state index < -0.39 is 24.2 Å². The molecule has 2 aliphatic rings. The van der Waals surface area contributed by atoms with Crippen LogP contribution < -0.4 is 10.6 Å². The first kappa shape index (κ1) is 24.1. The molecule has 7 nitrogen and oxygen atoms in total. The molecule has 1 aliphatic carbocycles. The highest BCUT2D eigenvalue weighted by Gasteiger charge is 2.48. The van der Waals surface area contributed by atoms with Gasteiger partial charge >= 0.3 is 6.18 Å². The van der Waals surface area contributed by atoms with Gasteiger partial charge in [0.15, 0.2) is 0 Å². The van der Waals surface area contributed by atoms with Gasteiger partial charge in [0.05, 0.1) is 17.8 Å². The van der Waals surface area contributed by atoms with Crippen LogP contribution in [0.2, 0.25) is 0 Å². The van der Waals surface area contributed by atoms with Crippen LogP contribution >= 0.6 is 0 Å². The number of anilines is 3. The first-order chi connectivity index (χ1) is 15.8. The highest BCUT2D eigenvalue weighted by Crippen LogP contribution is 2.47. The first-order valence-corrected chi connectivity index (χ1v) is 10.9. The van der Waals surface area contributed by atoms with Gasteiger partial charge in [0.25, 0.3) is 5.92 Å². The van der Waals surface area contributed by atoms with Gasteiger partial charge in [-0.25, -0.2) is 18.7 Å². The third-order valence-corrected chi connectivity index (χ3v) is 6.06. The smallest absolute Gasteiger partial charge is 0.348 e. The number of hydrogen-bond donors (Lipinski definition) is 2. The number of pyridine rings is 1. The van der Waals surface area contributed by atoms with Gasteiger partial charge in [0, 0.05) is 43.6 Å². The average molecular weight is 484 g/mol. The van der Waals surface area contributed by atoms with Gasteiger partial charge in [0.1, 0.15) is 11.6 Å². The molecule has 2 fully saturated rings. The Morgan fingerprint density at radius 1 is 1.18 bits per heavy atom. The van der Waals surface area contributed by atoms with Crippen molar-refractivity contribution in [1.29, 1.82) is 0 Å². The van der Waals surface area contributed by atoms with Crippen molar-refractivity contribution in [3.05, 3.63) is 35.7 Å². The summed E-state index contributed by atoms with van der Waals surface area (Å²) in [6.07, 6.45) is -1.18. The van der Waals surface area contributed by atoms with E-state index in [0.29, 0.717) is 25.2 Å². The van der Waals surface area contributed by atoms with Gasteiger partial charge < -0.3 is 15.5 Å². The standard InChI is InChI=1S/C22H25F5N6O/c1-20(5-6-20)18(34)33-8-4-13(11-33)15-10-17(32-19(30-15)29-12-21(2,23)24)31-16-9-14(3-7-28-16)22(25,26)27/h3,7,9-10,13H,4-6,8,11-12H2,1-2H3,(H2,28,29,30,31,32). The van der Waals surface area contributed by atoms with Crippen LogP contribution in [-0.4, -0.2) is 51.3 Å². The summed E-state index contributed by atoms with van der Waals surface area (Å²) >= 11 is 0. The van der Waals surface area contributed by atoms with Gasteiger partial charge in [-0.1, -0.05) is 6.92 Å². The summed E-state index contributed by atoms with van der Waals surface area (Å²) in [6.45, 7) is 2.94. The minimum Gasteiger partial charge on any atom is -0.348 e. The summed E-state index contributed by atoms with van der Waals surface area (Å²) in [5.74, 6) is -3.17. The number of nitrogens with zero attached hydrogens (tertiary/aromatic N) is 4. The molecule has 184 valence electrons. The van der Waals surface area contributed by atoms with E-state index in [0.717, 1.165) is 38.1 Å². The second-order valence-corrected chi connectivity index (χ2v) is 9.28. The first-order valence-electron chi connectivity index (χ1n) is 10.9.